The van der Waals surface area contributed by atoms with Crippen LogP contribution < -0.4 is 26.8 Å². The summed E-state index contributed by atoms with van der Waals surface area (Å²) in [5.41, 5.74) is 13.1. The van der Waals surface area contributed by atoms with Gasteiger partial charge in [-0.1, -0.05) is 12.8 Å². The zero-order valence-corrected chi connectivity index (χ0v) is 19.3. The monoisotopic (exact) mass is 471 g/mol. The van der Waals surface area contributed by atoms with Crippen molar-refractivity contribution in [1.29, 1.82) is 0 Å². The number of fused-ring (bicyclic) bond motifs is 1. The number of methoxy groups -OCH3 is 2. The number of carbonyl (C=O) groups excluding carboxylic acids is 1. The number of aromatic nitrogens is 3. The highest BCUT2D eigenvalue weighted by Crippen LogP contribution is 2.31. The van der Waals surface area contributed by atoms with Gasteiger partial charge < -0.3 is 31.6 Å². The summed E-state index contributed by atoms with van der Waals surface area (Å²) in [6, 6.07) is 6.41. The molecule has 0 radical (unpaired) electrons. The van der Waals surface area contributed by atoms with Crippen molar-refractivity contribution in [2.45, 2.75) is 44.3 Å². The number of pyridine rings is 1. The standard InChI is InChI=1S/C23H30FN7O3/c1-33-10-9-31-19-8-7-13(11-14(19)23(30-31)34-2)27-21-15(20(26)32)12-16(24)22(29-21)28-18-6-4-3-5-17(18)25/h7-8,11-12,17-18H,3-6,9-10,25H2,1-2H3,(H2,26,32)(H2,27,28,29)/t17-,18+/m0/s1. The summed E-state index contributed by atoms with van der Waals surface area (Å²) >= 11 is 0. The minimum atomic E-state index is -0.791. The molecule has 0 saturated heterocycles. The van der Waals surface area contributed by atoms with Crippen LogP contribution in [0.4, 0.5) is 21.7 Å². The van der Waals surface area contributed by atoms with Gasteiger partial charge in [-0.3, -0.25) is 9.48 Å². The van der Waals surface area contributed by atoms with E-state index in [1.807, 2.05) is 18.2 Å². The summed E-state index contributed by atoms with van der Waals surface area (Å²) in [5.74, 6) is -0.827. The van der Waals surface area contributed by atoms with Crippen molar-refractivity contribution >= 4 is 34.1 Å². The lowest BCUT2D eigenvalue weighted by atomic mass is 9.91. The molecule has 34 heavy (non-hydrogen) atoms. The Kier molecular flexibility index (Phi) is 7.13. The first-order chi connectivity index (χ1) is 16.4. The van der Waals surface area contributed by atoms with E-state index in [2.05, 4.69) is 20.7 Å². The van der Waals surface area contributed by atoms with Crippen LogP contribution in [0.25, 0.3) is 10.9 Å². The normalized spacial score (nSPS) is 18.1. The fraction of sp³-hybridized carbons (Fsp3) is 0.435. The smallest absolute Gasteiger partial charge is 0.252 e. The van der Waals surface area contributed by atoms with Gasteiger partial charge in [0.05, 0.1) is 36.7 Å². The fourth-order valence-corrected chi connectivity index (χ4v) is 4.25. The zero-order valence-electron chi connectivity index (χ0n) is 19.3. The third kappa shape index (κ3) is 4.90. The van der Waals surface area contributed by atoms with E-state index < -0.39 is 11.7 Å². The maximum absolute atomic E-state index is 14.8. The molecule has 4 rings (SSSR count). The molecule has 0 unspecified atom stereocenters. The second-order valence-electron chi connectivity index (χ2n) is 8.36. The van der Waals surface area contributed by atoms with Gasteiger partial charge in [0.25, 0.3) is 5.91 Å². The first-order valence-corrected chi connectivity index (χ1v) is 11.2. The minimum absolute atomic E-state index is 0.0286. The number of carbonyl (C=O) groups is 1. The molecular formula is C23H30FN7O3. The van der Waals surface area contributed by atoms with E-state index in [0.29, 0.717) is 24.7 Å². The second kappa shape index (κ2) is 10.2. The van der Waals surface area contributed by atoms with Crippen LogP contribution in [0.15, 0.2) is 24.3 Å². The molecule has 2 aromatic heterocycles. The predicted octanol–water partition coefficient (Wildman–Crippen LogP) is 2.75. The summed E-state index contributed by atoms with van der Waals surface area (Å²) in [5, 5.41) is 11.4. The fourth-order valence-electron chi connectivity index (χ4n) is 4.25. The van der Waals surface area contributed by atoms with Crippen LogP contribution in [0.1, 0.15) is 36.0 Å². The molecule has 0 aliphatic heterocycles. The summed E-state index contributed by atoms with van der Waals surface area (Å²) < 4.78 is 27.1. The van der Waals surface area contributed by atoms with E-state index in [0.717, 1.165) is 42.7 Å². The molecule has 1 aliphatic carbocycles. The van der Waals surface area contributed by atoms with Crippen LogP contribution in [0.3, 0.4) is 0 Å². The molecule has 182 valence electrons. The highest BCUT2D eigenvalue weighted by molar-refractivity contribution is 5.99. The van der Waals surface area contributed by atoms with Gasteiger partial charge in [-0.25, -0.2) is 9.37 Å². The van der Waals surface area contributed by atoms with Crippen LogP contribution in [0, 0.1) is 5.82 Å². The van der Waals surface area contributed by atoms with E-state index in [4.69, 9.17) is 20.9 Å². The zero-order chi connectivity index (χ0) is 24.2. The Bertz CT molecular complexity index is 1180. The molecule has 11 heteroatoms. The number of nitrogens with zero attached hydrogens (tertiary/aromatic N) is 3. The molecule has 1 aliphatic rings. The van der Waals surface area contributed by atoms with Crippen molar-refractivity contribution in [1.82, 2.24) is 14.8 Å². The van der Waals surface area contributed by atoms with E-state index in [1.165, 1.54) is 0 Å². The number of hydrogen-bond donors (Lipinski definition) is 4. The molecule has 2 heterocycles. The second-order valence-corrected chi connectivity index (χ2v) is 8.36. The maximum atomic E-state index is 14.8. The first kappa shape index (κ1) is 23.7. The summed E-state index contributed by atoms with van der Waals surface area (Å²) in [6.45, 7) is 1.06. The Balaban J connectivity index is 1.67. The lowest BCUT2D eigenvalue weighted by molar-refractivity contribution is 0.100. The van der Waals surface area contributed by atoms with Crippen molar-refractivity contribution in [2.24, 2.45) is 11.5 Å². The van der Waals surface area contributed by atoms with E-state index in [-0.39, 0.29) is 29.3 Å². The Labute approximate surface area is 196 Å². The average Bonchev–Trinajstić information content (AvgIpc) is 3.17. The molecule has 6 N–H and O–H groups in total. The number of anilines is 3. The number of benzene rings is 1. The topological polar surface area (TPSA) is 142 Å². The number of nitrogens with one attached hydrogen (secondary N) is 2. The van der Waals surface area contributed by atoms with E-state index in [9.17, 15) is 9.18 Å². The predicted molar refractivity (Wildman–Crippen MR) is 128 cm³/mol. The minimum Gasteiger partial charge on any atom is -0.479 e. The SMILES string of the molecule is COCCn1nc(OC)c2cc(Nc3nc(N[C@@H]4CCCC[C@@H]4N)c(F)cc3C(N)=O)ccc21. The van der Waals surface area contributed by atoms with Gasteiger partial charge in [0, 0.05) is 24.9 Å². The van der Waals surface area contributed by atoms with Crippen LogP contribution in [0.2, 0.25) is 0 Å². The Hall–Kier alpha value is -3.44. The Morgan fingerprint density at radius 2 is 2.03 bits per heavy atom. The number of primary amides is 1. The molecule has 0 spiro atoms. The molecular weight excluding hydrogens is 441 g/mol. The van der Waals surface area contributed by atoms with Crippen molar-refractivity contribution in [2.75, 3.05) is 31.5 Å². The van der Waals surface area contributed by atoms with Gasteiger partial charge in [-0.05, 0) is 37.1 Å². The molecule has 1 fully saturated rings. The van der Waals surface area contributed by atoms with Gasteiger partial charge in [-0.2, -0.15) is 0 Å². The molecule has 1 amide bonds. The van der Waals surface area contributed by atoms with Crippen LogP contribution in [-0.2, 0) is 11.3 Å². The van der Waals surface area contributed by atoms with Gasteiger partial charge in [0.2, 0.25) is 5.88 Å². The number of hydrogen-bond acceptors (Lipinski definition) is 8. The maximum Gasteiger partial charge on any atom is 0.252 e. The number of halogens is 1. The lowest BCUT2D eigenvalue weighted by Crippen LogP contribution is -2.43. The Morgan fingerprint density at radius 1 is 1.24 bits per heavy atom. The van der Waals surface area contributed by atoms with Crippen molar-refractivity contribution in [3.05, 3.63) is 35.6 Å². The molecule has 10 nitrogen and oxygen atoms in total. The first-order valence-electron chi connectivity index (χ1n) is 11.2. The van der Waals surface area contributed by atoms with Crippen molar-refractivity contribution < 1.29 is 18.7 Å². The summed E-state index contributed by atoms with van der Waals surface area (Å²) in [7, 11) is 3.17. The molecule has 2 atom stereocenters. The number of nitrogens with two attached hydrogens (primary N) is 2. The third-order valence-corrected chi connectivity index (χ3v) is 6.06. The van der Waals surface area contributed by atoms with Gasteiger partial charge in [-0.15, -0.1) is 5.10 Å². The van der Waals surface area contributed by atoms with Crippen LogP contribution >= 0.6 is 0 Å². The molecule has 1 saturated carbocycles. The summed E-state index contributed by atoms with van der Waals surface area (Å²) in [4.78, 5) is 16.4. The lowest BCUT2D eigenvalue weighted by Gasteiger charge is -2.30. The number of amides is 1. The highest BCUT2D eigenvalue weighted by Gasteiger charge is 2.24. The molecule has 1 aromatic carbocycles. The van der Waals surface area contributed by atoms with Crippen molar-refractivity contribution in [3.63, 3.8) is 0 Å². The average molecular weight is 472 g/mol. The van der Waals surface area contributed by atoms with Crippen LogP contribution in [-0.4, -0.2) is 53.6 Å². The van der Waals surface area contributed by atoms with Gasteiger partial charge >= 0.3 is 0 Å². The largest absolute Gasteiger partial charge is 0.479 e. The van der Waals surface area contributed by atoms with E-state index in [1.54, 1.807) is 18.9 Å². The highest BCUT2D eigenvalue weighted by atomic mass is 19.1. The summed E-state index contributed by atoms with van der Waals surface area (Å²) in [6.07, 6.45) is 3.75. The molecule has 0 bridgehead atoms. The van der Waals surface area contributed by atoms with Gasteiger partial charge in [0.15, 0.2) is 11.6 Å². The third-order valence-electron chi connectivity index (χ3n) is 6.06. The molecule has 3 aromatic rings. The quantitative estimate of drug-likeness (QED) is 0.373. The Morgan fingerprint density at radius 3 is 2.74 bits per heavy atom. The number of ether oxygens (including phenoxy) is 2. The van der Waals surface area contributed by atoms with Crippen LogP contribution in [0.5, 0.6) is 5.88 Å². The van der Waals surface area contributed by atoms with E-state index >= 15 is 0 Å². The van der Waals surface area contributed by atoms with Gasteiger partial charge in [0.1, 0.15) is 5.82 Å². The van der Waals surface area contributed by atoms with Crippen molar-refractivity contribution in [3.8, 4) is 5.88 Å². The number of rotatable bonds is 9.